The summed E-state index contributed by atoms with van der Waals surface area (Å²) in [6, 6.07) is 9.47. The van der Waals surface area contributed by atoms with Crippen molar-refractivity contribution in [2.75, 3.05) is 19.8 Å². The minimum Gasteiger partial charge on any atom is -0.756 e. The number of unbranched alkanes of at least 4 members (excludes halogenated alkanes) is 2. The van der Waals surface area contributed by atoms with E-state index < -0.39 is 7.82 Å². The molecule has 7 nitrogen and oxygen atoms in total. The predicted molar refractivity (Wildman–Crippen MR) is 86.6 cm³/mol. The molecule has 0 saturated heterocycles. The van der Waals surface area contributed by atoms with Crippen molar-refractivity contribution in [3.05, 3.63) is 35.9 Å². The molecule has 136 valence electrons. The monoisotopic (exact) mass is 359 g/mol. The van der Waals surface area contributed by atoms with Gasteiger partial charge in [0.05, 0.1) is 19.8 Å². The first-order chi connectivity index (χ1) is 11.5. The smallest absolute Gasteiger partial charge is 0.306 e. The highest BCUT2D eigenvalue weighted by molar-refractivity contribution is 7.45. The van der Waals surface area contributed by atoms with Crippen molar-refractivity contribution in [1.82, 2.24) is 0 Å². The Balaban J connectivity index is 2.01. The number of ether oxygens (including phenoxy) is 1. The van der Waals surface area contributed by atoms with Crippen molar-refractivity contribution in [3.63, 3.8) is 0 Å². The molecule has 1 rings (SSSR count). The fourth-order valence-corrected chi connectivity index (χ4v) is 2.63. The number of quaternary nitrogens is 1. The zero-order valence-electron chi connectivity index (χ0n) is 13.9. The summed E-state index contributed by atoms with van der Waals surface area (Å²) in [5.74, 6) is -0.259. The molecule has 0 amide bonds. The molecule has 0 radical (unpaired) electrons. The Morgan fingerprint density at radius 1 is 1.04 bits per heavy atom. The molecule has 0 fully saturated rings. The molecule has 0 spiro atoms. The van der Waals surface area contributed by atoms with E-state index in [2.05, 4.69) is 10.3 Å². The fraction of sp³-hybridized carbons (Fsp3) is 0.562. The third-order valence-electron chi connectivity index (χ3n) is 3.16. The van der Waals surface area contributed by atoms with Crippen molar-refractivity contribution >= 4 is 13.8 Å². The van der Waals surface area contributed by atoms with E-state index in [1.165, 1.54) is 0 Å². The number of carbonyl (C=O) groups is 1. The lowest BCUT2D eigenvalue weighted by molar-refractivity contribution is -0.369. The van der Waals surface area contributed by atoms with Gasteiger partial charge < -0.3 is 24.4 Å². The zero-order valence-corrected chi connectivity index (χ0v) is 14.7. The van der Waals surface area contributed by atoms with E-state index in [9.17, 15) is 14.3 Å². The van der Waals surface area contributed by atoms with Gasteiger partial charge in [0.2, 0.25) is 0 Å². The van der Waals surface area contributed by atoms with Crippen molar-refractivity contribution in [3.8, 4) is 0 Å². The van der Waals surface area contributed by atoms with Crippen molar-refractivity contribution < 1.29 is 33.8 Å². The molecule has 24 heavy (non-hydrogen) atoms. The van der Waals surface area contributed by atoms with Gasteiger partial charge in [0, 0.05) is 12.8 Å². The first-order valence-corrected chi connectivity index (χ1v) is 9.58. The lowest BCUT2D eigenvalue weighted by Crippen LogP contribution is -2.50. The van der Waals surface area contributed by atoms with Gasteiger partial charge in [-0.05, 0) is 18.4 Å². The maximum atomic E-state index is 11.6. The molecule has 0 aliphatic rings. The number of phosphoric acid groups is 1. The molecule has 1 aromatic carbocycles. The van der Waals surface area contributed by atoms with Crippen LogP contribution in [0.4, 0.5) is 0 Å². The van der Waals surface area contributed by atoms with Gasteiger partial charge in [-0.15, -0.1) is 0 Å². The van der Waals surface area contributed by atoms with Crippen LogP contribution < -0.4 is 10.6 Å². The molecule has 0 bridgehead atoms. The summed E-state index contributed by atoms with van der Waals surface area (Å²) in [4.78, 5) is 22.9. The minimum absolute atomic E-state index is 0.0597. The summed E-state index contributed by atoms with van der Waals surface area (Å²) in [5.41, 5.74) is 4.54. The number of carbonyl (C=O) groups excluding carboxylic acids is 1. The van der Waals surface area contributed by atoms with Crippen LogP contribution in [0.2, 0.25) is 0 Å². The van der Waals surface area contributed by atoms with E-state index in [4.69, 9.17) is 9.26 Å². The molecular formula is C16H26NO6P. The molecule has 1 unspecified atom stereocenters. The average Bonchev–Trinajstić information content (AvgIpc) is 2.57. The number of phosphoric ester groups is 1. The van der Waals surface area contributed by atoms with Crippen LogP contribution in [0.25, 0.3) is 0 Å². The van der Waals surface area contributed by atoms with Gasteiger partial charge in [-0.1, -0.05) is 36.8 Å². The highest BCUT2D eigenvalue weighted by atomic mass is 31.2. The molecule has 1 aromatic rings. The van der Waals surface area contributed by atoms with Crippen LogP contribution in [0.3, 0.4) is 0 Å². The summed E-state index contributed by atoms with van der Waals surface area (Å²) >= 11 is 0. The third kappa shape index (κ3) is 10.5. The van der Waals surface area contributed by atoms with Gasteiger partial charge in [0.25, 0.3) is 7.82 Å². The molecule has 0 heterocycles. The summed E-state index contributed by atoms with van der Waals surface area (Å²) in [5, 5.41) is 0. The molecule has 0 aliphatic heterocycles. The van der Waals surface area contributed by atoms with Crippen molar-refractivity contribution in [1.29, 1.82) is 0 Å². The molecule has 3 N–H and O–H groups in total. The fourth-order valence-electron chi connectivity index (χ4n) is 1.85. The number of rotatable bonds is 13. The number of benzene rings is 1. The SMILES string of the molecule is [NH3+]CCCOP(=O)([O-])OCCCCCC(=O)OCc1ccccc1. The Bertz CT molecular complexity index is 511. The Hall–Kier alpha value is -1.24. The highest BCUT2D eigenvalue weighted by Crippen LogP contribution is 2.38. The van der Waals surface area contributed by atoms with Crippen LogP contribution >= 0.6 is 7.82 Å². The Kier molecular flexibility index (Phi) is 10.5. The minimum atomic E-state index is -4.20. The van der Waals surface area contributed by atoms with E-state index in [1.807, 2.05) is 30.3 Å². The third-order valence-corrected chi connectivity index (χ3v) is 4.16. The van der Waals surface area contributed by atoms with Crippen LogP contribution in [0.15, 0.2) is 30.3 Å². The van der Waals surface area contributed by atoms with Gasteiger partial charge in [-0.2, -0.15) is 0 Å². The highest BCUT2D eigenvalue weighted by Gasteiger charge is 2.09. The molecule has 8 heteroatoms. The average molecular weight is 359 g/mol. The van der Waals surface area contributed by atoms with E-state index in [0.717, 1.165) is 5.56 Å². The van der Waals surface area contributed by atoms with Crippen LogP contribution in [-0.2, 0) is 29.8 Å². The normalized spacial score (nSPS) is 13.4. The first-order valence-electron chi connectivity index (χ1n) is 8.12. The summed E-state index contributed by atoms with van der Waals surface area (Å²) in [6.07, 6.45) is 2.72. The van der Waals surface area contributed by atoms with Crippen molar-refractivity contribution in [2.24, 2.45) is 0 Å². The number of hydrogen-bond acceptors (Lipinski definition) is 6. The second-order valence-electron chi connectivity index (χ2n) is 5.28. The van der Waals surface area contributed by atoms with Crippen LogP contribution in [0.1, 0.15) is 37.7 Å². The van der Waals surface area contributed by atoms with Gasteiger partial charge >= 0.3 is 5.97 Å². The molecule has 0 aromatic heterocycles. The lowest BCUT2D eigenvalue weighted by atomic mass is 10.2. The van der Waals surface area contributed by atoms with E-state index in [0.29, 0.717) is 38.6 Å². The van der Waals surface area contributed by atoms with Gasteiger partial charge in [-0.25, -0.2) is 0 Å². The molecule has 0 saturated carbocycles. The zero-order chi connectivity index (χ0) is 17.7. The Morgan fingerprint density at radius 3 is 2.38 bits per heavy atom. The molecule has 1 atom stereocenters. The quantitative estimate of drug-likeness (QED) is 0.324. The predicted octanol–water partition coefficient (Wildman–Crippen LogP) is 1.42. The van der Waals surface area contributed by atoms with Gasteiger partial charge in [0.1, 0.15) is 6.61 Å². The van der Waals surface area contributed by atoms with Crippen LogP contribution in [0.5, 0.6) is 0 Å². The van der Waals surface area contributed by atoms with Gasteiger partial charge in [0.15, 0.2) is 0 Å². The van der Waals surface area contributed by atoms with Crippen LogP contribution in [0, 0.1) is 0 Å². The van der Waals surface area contributed by atoms with Gasteiger partial charge in [-0.3, -0.25) is 9.36 Å². The Labute approximate surface area is 142 Å². The standard InChI is InChI=1S/C16H26NO6P/c17-11-7-13-23-24(19,20)22-12-6-2-5-10-16(18)21-14-15-8-3-1-4-9-15/h1,3-4,8-9H,2,5-7,10-14,17H2,(H,19,20). The van der Waals surface area contributed by atoms with E-state index in [1.54, 1.807) is 0 Å². The van der Waals surface area contributed by atoms with Crippen LogP contribution in [-0.4, -0.2) is 25.7 Å². The largest absolute Gasteiger partial charge is 0.756 e. The number of hydrogen-bond donors (Lipinski definition) is 1. The molecular weight excluding hydrogens is 333 g/mol. The van der Waals surface area contributed by atoms with Crippen molar-refractivity contribution in [2.45, 2.75) is 38.7 Å². The van der Waals surface area contributed by atoms with E-state index in [-0.39, 0.29) is 25.8 Å². The summed E-state index contributed by atoms with van der Waals surface area (Å²) in [7, 11) is -4.20. The molecule has 0 aliphatic carbocycles. The maximum absolute atomic E-state index is 11.6. The Morgan fingerprint density at radius 2 is 1.71 bits per heavy atom. The number of esters is 1. The second-order valence-corrected chi connectivity index (χ2v) is 6.69. The second kappa shape index (κ2) is 12.2. The topological polar surface area (TPSA) is 113 Å². The first kappa shape index (κ1) is 20.8. The summed E-state index contributed by atoms with van der Waals surface area (Å²) in [6.45, 7) is 1.04. The summed E-state index contributed by atoms with van der Waals surface area (Å²) < 4.78 is 25.9. The lowest BCUT2D eigenvalue weighted by Gasteiger charge is -2.22. The van der Waals surface area contributed by atoms with E-state index >= 15 is 0 Å². The maximum Gasteiger partial charge on any atom is 0.306 e.